The van der Waals surface area contributed by atoms with Crippen LogP contribution in [-0.4, -0.2) is 11.8 Å². The zero-order chi connectivity index (χ0) is 15.6. The summed E-state index contributed by atoms with van der Waals surface area (Å²) in [5, 5.41) is 2.23. The van der Waals surface area contributed by atoms with E-state index in [2.05, 4.69) is 21.2 Å². The maximum Gasteiger partial charge on any atom is 0.255 e. The number of carbonyl (C=O) groups excluding carboxylic acids is 2. The molecule has 7 heteroatoms. The third-order valence-electron chi connectivity index (χ3n) is 2.67. The van der Waals surface area contributed by atoms with Crippen molar-refractivity contribution in [1.29, 1.82) is 0 Å². The third-order valence-corrected chi connectivity index (χ3v) is 3.28. The molecule has 0 aromatic heterocycles. The lowest BCUT2D eigenvalue weighted by Crippen LogP contribution is -2.16. The van der Waals surface area contributed by atoms with Gasteiger partial charge in [0.2, 0.25) is 5.91 Å². The lowest BCUT2D eigenvalue weighted by Gasteiger charge is -2.08. The predicted octanol–water partition coefficient (Wildman–Crippen LogP) is 3.08. The summed E-state index contributed by atoms with van der Waals surface area (Å²) in [6.07, 6.45) is 0. The summed E-state index contributed by atoms with van der Waals surface area (Å²) in [6.45, 7) is 0. The first-order chi connectivity index (χ1) is 9.88. The third kappa shape index (κ3) is 3.43. The fourth-order valence-electron chi connectivity index (χ4n) is 1.63. The molecule has 0 radical (unpaired) electrons. The lowest BCUT2D eigenvalue weighted by atomic mass is 10.1. The van der Waals surface area contributed by atoms with Crippen LogP contribution in [0.25, 0.3) is 0 Å². The van der Waals surface area contributed by atoms with Crippen molar-refractivity contribution in [3.8, 4) is 0 Å². The molecule has 108 valence electrons. The number of hydrogen-bond acceptors (Lipinski definition) is 2. The second-order valence-electron chi connectivity index (χ2n) is 4.15. The Labute approximate surface area is 127 Å². The van der Waals surface area contributed by atoms with E-state index in [1.807, 2.05) is 0 Å². The SMILES string of the molecule is NC(=O)c1cccc(C(=O)Nc2cc(F)c(Br)cc2F)c1. The highest BCUT2D eigenvalue weighted by Crippen LogP contribution is 2.23. The maximum absolute atomic E-state index is 13.6. The largest absolute Gasteiger partial charge is 0.366 e. The van der Waals surface area contributed by atoms with E-state index in [4.69, 9.17) is 5.73 Å². The van der Waals surface area contributed by atoms with Crippen molar-refractivity contribution in [1.82, 2.24) is 0 Å². The van der Waals surface area contributed by atoms with Gasteiger partial charge in [-0.2, -0.15) is 0 Å². The number of carbonyl (C=O) groups is 2. The lowest BCUT2D eigenvalue weighted by molar-refractivity contribution is 0.1000. The van der Waals surface area contributed by atoms with Crippen LogP contribution in [0.4, 0.5) is 14.5 Å². The number of halogens is 3. The predicted molar refractivity (Wildman–Crippen MR) is 77.0 cm³/mol. The minimum atomic E-state index is -0.789. The second-order valence-corrected chi connectivity index (χ2v) is 5.00. The Morgan fingerprint density at radius 2 is 1.71 bits per heavy atom. The molecule has 0 spiro atoms. The number of primary amides is 1. The van der Waals surface area contributed by atoms with Crippen LogP contribution in [0.3, 0.4) is 0 Å². The Morgan fingerprint density at radius 3 is 2.38 bits per heavy atom. The van der Waals surface area contributed by atoms with E-state index in [9.17, 15) is 18.4 Å². The molecule has 0 aliphatic rings. The highest BCUT2D eigenvalue weighted by atomic mass is 79.9. The molecule has 2 rings (SSSR count). The molecule has 0 bridgehead atoms. The number of benzene rings is 2. The van der Waals surface area contributed by atoms with Crippen LogP contribution in [0.15, 0.2) is 40.9 Å². The van der Waals surface area contributed by atoms with Crippen LogP contribution in [-0.2, 0) is 0 Å². The summed E-state index contributed by atoms with van der Waals surface area (Å²) >= 11 is 2.84. The average Bonchev–Trinajstić information content (AvgIpc) is 2.44. The molecule has 21 heavy (non-hydrogen) atoms. The fraction of sp³-hybridized carbons (Fsp3) is 0. The van der Waals surface area contributed by atoms with Crippen molar-refractivity contribution >= 4 is 33.4 Å². The maximum atomic E-state index is 13.6. The van der Waals surface area contributed by atoms with E-state index in [-0.39, 0.29) is 21.3 Å². The van der Waals surface area contributed by atoms with E-state index in [1.54, 1.807) is 0 Å². The molecular formula is C14H9BrF2N2O2. The first-order valence-electron chi connectivity index (χ1n) is 5.74. The second kappa shape index (κ2) is 6.01. The van der Waals surface area contributed by atoms with Crippen molar-refractivity contribution in [2.24, 2.45) is 5.73 Å². The monoisotopic (exact) mass is 354 g/mol. The van der Waals surface area contributed by atoms with Gasteiger partial charge in [0.25, 0.3) is 5.91 Å². The summed E-state index contributed by atoms with van der Waals surface area (Å²) in [6, 6.07) is 7.37. The molecule has 0 atom stereocenters. The van der Waals surface area contributed by atoms with E-state index < -0.39 is 23.4 Å². The van der Waals surface area contributed by atoms with Crippen LogP contribution in [0.1, 0.15) is 20.7 Å². The molecule has 3 N–H and O–H groups in total. The summed E-state index contributed by atoms with van der Waals surface area (Å²) in [4.78, 5) is 23.0. The number of hydrogen-bond donors (Lipinski definition) is 2. The minimum Gasteiger partial charge on any atom is -0.366 e. The van der Waals surface area contributed by atoms with Crippen molar-refractivity contribution in [2.75, 3.05) is 5.32 Å². The van der Waals surface area contributed by atoms with Crippen LogP contribution in [0, 0.1) is 11.6 Å². The van der Waals surface area contributed by atoms with Gasteiger partial charge in [0.05, 0.1) is 10.2 Å². The average molecular weight is 355 g/mol. The highest BCUT2D eigenvalue weighted by Gasteiger charge is 2.13. The Balaban J connectivity index is 2.28. The van der Waals surface area contributed by atoms with Gasteiger partial charge in [-0.15, -0.1) is 0 Å². The van der Waals surface area contributed by atoms with Gasteiger partial charge in [-0.1, -0.05) is 6.07 Å². The molecule has 0 saturated carbocycles. The van der Waals surface area contributed by atoms with Crippen LogP contribution >= 0.6 is 15.9 Å². The number of anilines is 1. The van der Waals surface area contributed by atoms with E-state index in [0.29, 0.717) is 0 Å². The zero-order valence-electron chi connectivity index (χ0n) is 10.5. The Morgan fingerprint density at radius 1 is 1.05 bits per heavy atom. The molecule has 0 aliphatic heterocycles. The van der Waals surface area contributed by atoms with Gasteiger partial charge in [-0.25, -0.2) is 8.78 Å². The first kappa shape index (κ1) is 15.1. The highest BCUT2D eigenvalue weighted by molar-refractivity contribution is 9.10. The summed E-state index contributed by atoms with van der Waals surface area (Å²) in [5.41, 5.74) is 5.06. The molecular weight excluding hydrogens is 346 g/mol. The summed E-state index contributed by atoms with van der Waals surface area (Å²) in [5.74, 6) is -2.87. The normalized spacial score (nSPS) is 10.2. The molecule has 2 aromatic carbocycles. The molecule has 0 aliphatic carbocycles. The quantitative estimate of drug-likeness (QED) is 0.831. The Kier molecular flexibility index (Phi) is 4.32. The summed E-state index contributed by atoms with van der Waals surface area (Å²) in [7, 11) is 0. The van der Waals surface area contributed by atoms with Gasteiger partial charge in [-0.3, -0.25) is 9.59 Å². The van der Waals surface area contributed by atoms with Crippen molar-refractivity contribution in [3.63, 3.8) is 0 Å². The van der Waals surface area contributed by atoms with Gasteiger partial charge < -0.3 is 11.1 Å². The number of nitrogens with one attached hydrogen (secondary N) is 1. The first-order valence-corrected chi connectivity index (χ1v) is 6.53. The smallest absolute Gasteiger partial charge is 0.255 e. The van der Waals surface area contributed by atoms with Gasteiger partial charge in [0, 0.05) is 17.2 Å². The molecule has 2 amide bonds. The molecule has 4 nitrogen and oxygen atoms in total. The van der Waals surface area contributed by atoms with Crippen LogP contribution in [0.2, 0.25) is 0 Å². The number of rotatable bonds is 3. The van der Waals surface area contributed by atoms with Crippen LogP contribution in [0.5, 0.6) is 0 Å². The van der Waals surface area contributed by atoms with Crippen molar-refractivity contribution < 1.29 is 18.4 Å². The van der Waals surface area contributed by atoms with Crippen LogP contribution < -0.4 is 11.1 Å². The molecule has 0 unspecified atom stereocenters. The van der Waals surface area contributed by atoms with Gasteiger partial charge in [0.15, 0.2) is 0 Å². The topological polar surface area (TPSA) is 72.2 Å². The molecule has 2 aromatic rings. The van der Waals surface area contributed by atoms with E-state index in [0.717, 1.165) is 12.1 Å². The number of nitrogens with two attached hydrogens (primary N) is 1. The molecule has 0 heterocycles. The number of amides is 2. The van der Waals surface area contributed by atoms with Gasteiger partial charge >= 0.3 is 0 Å². The fourth-order valence-corrected chi connectivity index (χ4v) is 1.94. The van der Waals surface area contributed by atoms with E-state index in [1.165, 1.54) is 24.3 Å². The Hall–Kier alpha value is -2.28. The Bertz CT molecular complexity index is 735. The van der Waals surface area contributed by atoms with Crippen molar-refractivity contribution in [3.05, 3.63) is 63.6 Å². The van der Waals surface area contributed by atoms with Gasteiger partial charge in [-0.05, 0) is 40.2 Å². The molecule has 0 saturated heterocycles. The van der Waals surface area contributed by atoms with E-state index >= 15 is 0 Å². The standard InChI is InChI=1S/C14H9BrF2N2O2/c15-9-5-11(17)12(6-10(9)16)19-14(21)8-3-1-2-7(4-8)13(18)20/h1-6H,(H2,18,20)(H,19,21). The summed E-state index contributed by atoms with van der Waals surface area (Å²) < 4.78 is 26.9. The minimum absolute atomic E-state index is 0.0475. The molecule has 0 fully saturated rings. The van der Waals surface area contributed by atoms with Gasteiger partial charge in [0.1, 0.15) is 11.6 Å². The zero-order valence-corrected chi connectivity index (χ0v) is 12.1. The van der Waals surface area contributed by atoms with Crippen molar-refractivity contribution in [2.45, 2.75) is 0 Å².